The maximum atomic E-state index is 12.9. The normalized spacial score (nSPS) is 16.0. The molecule has 1 aliphatic heterocycles. The van der Waals surface area contributed by atoms with Crippen molar-refractivity contribution in [3.05, 3.63) is 53.6 Å². The minimum absolute atomic E-state index is 0.0867. The molecule has 8 nitrogen and oxygen atoms in total. The van der Waals surface area contributed by atoms with Crippen molar-refractivity contribution in [1.29, 1.82) is 0 Å². The predicted molar refractivity (Wildman–Crippen MR) is 111 cm³/mol. The van der Waals surface area contributed by atoms with Crippen molar-refractivity contribution in [3.63, 3.8) is 0 Å². The van der Waals surface area contributed by atoms with Gasteiger partial charge in [0.2, 0.25) is 10.0 Å². The van der Waals surface area contributed by atoms with Gasteiger partial charge in [0.15, 0.2) is 0 Å². The molecule has 0 aliphatic carbocycles. The van der Waals surface area contributed by atoms with Crippen LogP contribution >= 0.6 is 0 Å². The quantitative estimate of drug-likeness (QED) is 0.718. The van der Waals surface area contributed by atoms with E-state index in [9.17, 15) is 13.2 Å². The molecule has 9 heteroatoms. The largest absolute Gasteiger partial charge is 0.497 e. The Labute approximate surface area is 176 Å². The summed E-state index contributed by atoms with van der Waals surface area (Å²) in [5.74, 6) is 0.879. The third-order valence-electron chi connectivity index (χ3n) is 4.96. The number of hydrogen-bond donors (Lipinski definition) is 1. The zero-order chi connectivity index (χ0) is 21.7. The van der Waals surface area contributed by atoms with Gasteiger partial charge >= 0.3 is 0 Å². The molecule has 1 aliphatic rings. The number of amides is 1. The van der Waals surface area contributed by atoms with Gasteiger partial charge in [0, 0.05) is 24.2 Å². The molecule has 1 N–H and O–H groups in total. The summed E-state index contributed by atoms with van der Waals surface area (Å²) in [5, 5.41) is 2.89. The fourth-order valence-electron chi connectivity index (χ4n) is 3.27. The highest BCUT2D eigenvalue weighted by Gasteiger charge is 2.27. The van der Waals surface area contributed by atoms with Crippen LogP contribution in [0.5, 0.6) is 11.5 Å². The Morgan fingerprint density at radius 3 is 2.50 bits per heavy atom. The summed E-state index contributed by atoms with van der Waals surface area (Å²) in [6, 6.07) is 11.0. The number of carbonyl (C=O) groups is 1. The van der Waals surface area contributed by atoms with Crippen LogP contribution in [0, 0.1) is 0 Å². The Bertz CT molecular complexity index is 1000. The van der Waals surface area contributed by atoms with Crippen molar-refractivity contribution < 1.29 is 27.4 Å². The van der Waals surface area contributed by atoms with E-state index in [-0.39, 0.29) is 22.4 Å². The van der Waals surface area contributed by atoms with Crippen molar-refractivity contribution in [1.82, 2.24) is 9.62 Å². The molecule has 0 radical (unpaired) electrons. The van der Waals surface area contributed by atoms with Crippen LogP contribution in [0.3, 0.4) is 0 Å². The van der Waals surface area contributed by atoms with Crippen molar-refractivity contribution >= 4 is 15.9 Å². The van der Waals surface area contributed by atoms with Crippen molar-refractivity contribution in [3.8, 4) is 11.5 Å². The summed E-state index contributed by atoms with van der Waals surface area (Å²) >= 11 is 0. The molecule has 0 aromatic heterocycles. The number of benzene rings is 2. The second kappa shape index (κ2) is 9.46. The molecule has 1 amide bonds. The third kappa shape index (κ3) is 4.75. The molecular formula is C21H26N2O6S. The zero-order valence-electron chi connectivity index (χ0n) is 17.3. The monoisotopic (exact) mass is 434 g/mol. The molecule has 1 saturated heterocycles. The van der Waals surface area contributed by atoms with Crippen LogP contribution in [0.2, 0.25) is 0 Å². The standard InChI is InChI=1S/C21H26N2O6S/c1-15(19-14-17(27-2)7-8-20(19)28-3)22-21(24)16-5-4-6-18(13-16)30(25,26)23-9-11-29-12-10-23/h4-8,13-15H,9-12H2,1-3H3,(H,22,24)/t15-/m0/s1. The van der Waals surface area contributed by atoms with Crippen LogP contribution < -0.4 is 14.8 Å². The molecule has 2 aromatic rings. The number of nitrogens with zero attached hydrogens (tertiary/aromatic N) is 1. The molecule has 1 atom stereocenters. The number of nitrogens with one attached hydrogen (secondary N) is 1. The summed E-state index contributed by atoms with van der Waals surface area (Å²) in [5.41, 5.74) is 1.01. The van der Waals surface area contributed by atoms with E-state index in [1.165, 1.54) is 16.4 Å². The van der Waals surface area contributed by atoms with Gasteiger partial charge in [-0.05, 0) is 43.3 Å². The highest BCUT2D eigenvalue weighted by molar-refractivity contribution is 7.89. The third-order valence-corrected chi connectivity index (χ3v) is 6.85. The van der Waals surface area contributed by atoms with Gasteiger partial charge < -0.3 is 19.5 Å². The lowest BCUT2D eigenvalue weighted by atomic mass is 10.1. The van der Waals surface area contributed by atoms with E-state index >= 15 is 0 Å². The van der Waals surface area contributed by atoms with Crippen LogP contribution in [-0.2, 0) is 14.8 Å². The first kappa shape index (κ1) is 22.1. The Morgan fingerprint density at radius 2 is 1.83 bits per heavy atom. The number of methoxy groups -OCH3 is 2. The van der Waals surface area contributed by atoms with E-state index in [0.29, 0.717) is 37.8 Å². The van der Waals surface area contributed by atoms with Gasteiger partial charge in [0.05, 0.1) is 38.4 Å². The second-order valence-corrected chi connectivity index (χ2v) is 8.79. The fraction of sp³-hybridized carbons (Fsp3) is 0.381. The fourth-order valence-corrected chi connectivity index (χ4v) is 4.72. The van der Waals surface area contributed by atoms with Crippen LogP contribution in [0.15, 0.2) is 47.4 Å². The van der Waals surface area contributed by atoms with Crippen LogP contribution in [-0.4, -0.2) is 59.2 Å². The number of rotatable bonds is 7. The van der Waals surface area contributed by atoms with Gasteiger partial charge in [0.1, 0.15) is 11.5 Å². The van der Waals surface area contributed by atoms with E-state index < -0.39 is 10.0 Å². The zero-order valence-corrected chi connectivity index (χ0v) is 18.1. The number of carbonyl (C=O) groups excluding carboxylic acids is 1. The molecule has 0 unspecified atom stereocenters. The van der Waals surface area contributed by atoms with Crippen LogP contribution in [0.4, 0.5) is 0 Å². The summed E-state index contributed by atoms with van der Waals surface area (Å²) in [6.45, 7) is 3.14. The molecule has 0 spiro atoms. The van der Waals surface area contributed by atoms with Crippen molar-refractivity contribution in [2.24, 2.45) is 0 Å². The van der Waals surface area contributed by atoms with Gasteiger partial charge in [-0.25, -0.2) is 8.42 Å². The summed E-state index contributed by atoms with van der Waals surface area (Å²) in [7, 11) is -0.561. The first-order valence-electron chi connectivity index (χ1n) is 9.57. The van der Waals surface area contributed by atoms with Crippen LogP contribution in [0.1, 0.15) is 28.9 Å². The van der Waals surface area contributed by atoms with Gasteiger partial charge in [-0.3, -0.25) is 4.79 Å². The molecule has 30 heavy (non-hydrogen) atoms. The van der Waals surface area contributed by atoms with Gasteiger partial charge in [-0.15, -0.1) is 0 Å². The topological polar surface area (TPSA) is 94.2 Å². The van der Waals surface area contributed by atoms with Crippen molar-refractivity contribution in [2.45, 2.75) is 17.9 Å². The second-order valence-electron chi connectivity index (χ2n) is 6.85. The molecule has 1 fully saturated rings. The Morgan fingerprint density at radius 1 is 1.10 bits per heavy atom. The molecule has 1 heterocycles. The molecule has 2 aromatic carbocycles. The van der Waals surface area contributed by atoms with E-state index in [0.717, 1.165) is 5.56 Å². The molecular weight excluding hydrogens is 408 g/mol. The maximum Gasteiger partial charge on any atom is 0.251 e. The van der Waals surface area contributed by atoms with E-state index in [1.54, 1.807) is 44.6 Å². The number of morpholine rings is 1. The molecule has 0 saturated carbocycles. The van der Waals surface area contributed by atoms with Gasteiger partial charge in [-0.1, -0.05) is 6.07 Å². The highest BCUT2D eigenvalue weighted by atomic mass is 32.2. The van der Waals surface area contributed by atoms with Gasteiger partial charge in [-0.2, -0.15) is 4.31 Å². The maximum absolute atomic E-state index is 12.9. The Kier molecular flexibility index (Phi) is 6.96. The lowest BCUT2D eigenvalue weighted by molar-refractivity contribution is 0.0730. The summed E-state index contributed by atoms with van der Waals surface area (Å²) in [4.78, 5) is 12.9. The van der Waals surface area contributed by atoms with Crippen molar-refractivity contribution in [2.75, 3.05) is 40.5 Å². The first-order valence-corrected chi connectivity index (χ1v) is 11.0. The minimum Gasteiger partial charge on any atom is -0.497 e. The number of hydrogen-bond acceptors (Lipinski definition) is 6. The van der Waals surface area contributed by atoms with Crippen LogP contribution in [0.25, 0.3) is 0 Å². The average molecular weight is 435 g/mol. The highest BCUT2D eigenvalue weighted by Crippen LogP contribution is 2.29. The Hall–Kier alpha value is -2.62. The summed E-state index contributed by atoms with van der Waals surface area (Å²) in [6.07, 6.45) is 0. The summed E-state index contributed by atoms with van der Waals surface area (Å²) < 4.78 is 43.0. The average Bonchev–Trinajstić information content (AvgIpc) is 2.79. The molecule has 0 bridgehead atoms. The lowest BCUT2D eigenvalue weighted by Crippen LogP contribution is -2.40. The molecule has 162 valence electrons. The Balaban J connectivity index is 1.80. The predicted octanol–water partition coefficient (Wildman–Crippen LogP) is 2.22. The first-order chi connectivity index (χ1) is 14.4. The van der Waals surface area contributed by atoms with E-state index in [4.69, 9.17) is 14.2 Å². The molecule has 3 rings (SSSR count). The van der Waals surface area contributed by atoms with E-state index in [1.807, 2.05) is 6.92 Å². The lowest BCUT2D eigenvalue weighted by Gasteiger charge is -2.26. The van der Waals surface area contributed by atoms with E-state index in [2.05, 4.69) is 5.32 Å². The minimum atomic E-state index is -3.68. The number of sulfonamides is 1. The SMILES string of the molecule is COc1ccc(OC)c([C@H](C)NC(=O)c2cccc(S(=O)(=O)N3CCOCC3)c2)c1. The smallest absolute Gasteiger partial charge is 0.251 e. The van der Waals surface area contributed by atoms with Gasteiger partial charge in [0.25, 0.3) is 5.91 Å². The number of ether oxygens (including phenoxy) is 3.